The van der Waals surface area contributed by atoms with Crippen molar-refractivity contribution in [2.45, 2.75) is 33.5 Å². The minimum Gasteiger partial charge on any atom is -0.493 e. The van der Waals surface area contributed by atoms with Gasteiger partial charge in [-0.05, 0) is 37.6 Å². The predicted octanol–water partition coefficient (Wildman–Crippen LogP) is 4.57. The molecule has 0 atom stereocenters. The second-order valence-electron chi connectivity index (χ2n) is 5.95. The SMILES string of the molecule is CCNC(=NCc1ccc(OCC)c(OC)c1)NCc1ccccc1OC(F)F.I. The predicted molar refractivity (Wildman–Crippen MR) is 124 cm³/mol. The molecule has 30 heavy (non-hydrogen) atoms. The van der Waals surface area contributed by atoms with E-state index in [2.05, 4.69) is 20.4 Å². The van der Waals surface area contributed by atoms with Crippen molar-refractivity contribution < 1.29 is 23.0 Å². The molecule has 0 amide bonds. The van der Waals surface area contributed by atoms with Crippen molar-refractivity contribution in [2.75, 3.05) is 20.3 Å². The number of nitrogens with zero attached hydrogens (tertiary/aromatic N) is 1. The van der Waals surface area contributed by atoms with Crippen LogP contribution in [0.15, 0.2) is 47.5 Å². The lowest BCUT2D eigenvalue weighted by Gasteiger charge is -2.14. The molecule has 2 aromatic rings. The molecule has 0 aliphatic rings. The van der Waals surface area contributed by atoms with Gasteiger partial charge in [0.2, 0.25) is 0 Å². The lowest BCUT2D eigenvalue weighted by atomic mass is 10.2. The molecule has 0 unspecified atom stereocenters. The van der Waals surface area contributed by atoms with Gasteiger partial charge in [0.05, 0.1) is 20.3 Å². The van der Waals surface area contributed by atoms with Gasteiger partial charge in [0, 0.05) is 18.7 Å². The number of methoxy groups -OCH3 is 1. The fourth-order valence-corrected chi connectivity index (χ4v) is 2.64. The average Bonchev–Trinajstić information content (AvgIpc) is 2.71. The third-order valence-corrected chi connectivity index (χ3v) is 3.93. The Balaban J connectivity index is 0.00000450. The first-order valence-corrected chi connectivity index (χ1v) is 9.42. The zero-order chi connectivity index (χ0) is 21.1. The van der Waals surface area contributed by atoms with Crippen molar-refractivity contribution in [2.24, 2.45) is 4.99 Å². The summed E-state index contributed by atoms with van der Waals surface area (Å²) in [6.45, 7) is 2.91. The molecule has 9 heteroatoms. The molecule has 0 aliphatic carbocycles. The van der Waals surface area contributed by atoms with Crippen LogP contribution in [0, 0.1) is 0 Å². The number of alkyl halides is 2. The van der Waals surface area contributed by atoms with Crippen LogP contribution in [-0.4, -0.2) is 32.8 Å². The zero-order valence-electron chi connectivity index (χ0n) is 17.3. The Morgan fingerprint density at radius 3 is 2.47 bits per heavy atom. The number of ether oxygens (including phenoxy) is 3. The Kier molecular flexibility index (Phi) is 11.9. The highest BCUT2D eigenvalue weighted by Gasteiger charge is 2.10. The van der Waals surface area contributed by atoms with Gasteiger partial charge in [0.25, 0.3) is 0 Å². The maximum absolute atomic E-state index is 12.6. The minimum atomic E-state index is -2.87. The molecular weight excluding hydrogens is 507 g/mol. The van der Waals surface area contributed by atoms with Crippen LogP contribution < -0.4 is 24.8 Å². The molecular formula is C21H28F2IN3O3. The van der Waals surface area contributed by atoms with E-state index in [1.807, 2.05) is 32.0 Å². The fraction of sp³-hybridized carbons (Fsp3) is 0.381. The summed E-state index contributed by atoms with van der Waals surface area (Å²) >= 11 is 0. The van der Waals surface area contributed by atoms with Crippen LogP contribution in [0.25, 0.3) is 0 Å². The minimum absolute atomic E-state index is 0. The Bertz CT molecular complexity index is 807. The topological polar surface area (TPSA) is 64.1 Å². The second kappa shape index (κ2) is 13.8. The van der Waals surface area contributed by atoms with E-state index in [4.69, 9.17) is 9.47 Å². The molecule has 0 spiro atoms. The summed E-state index contributed by atoms with van der Waals surface area (Å²) in [5.41, 5.74) is 1.56. The largest absolute Gasteiger partial charge is 0.493 e. The van der Waals surface area contributed by atoms with Crippen molar-refractivity contribution >= 4 is 29.9 Å². The van der Waals surface area contributed by atoms with Gasteiger partial charge in [0.15, 0.2) is 17.5 Å². The second-order valence-corrected chi connectivity index (χ2v) is 5.95. The van der Waals surface area contributed by atoms with Crippen LogP contribution in [-0.2, 0) is 13.1 Å². The first-order chi connectivity index (χ1) is 14.1. The van der Waals surface area contributed by atoms with Gasteiger partial charge in [-0.2, -0.15) is 8.78 Å². The summed E-state index contributed by atoms with van der Waals surface area (Å²) in [5, 5.41) is 6.28. The average molecular weight is 535 g/mol. The molecule has 0 saturated carbocycles. The molecule has 0 radical (unpaired) electrons. The number of benzene rings is 2. The molecule has 2 rings (SSSR count). The van der Waals surface area contributed by atoms with Crippen molar-refractivity contribution in [3.05, 3.63) is 53.6 Å². The molecule has 2 aromatic carbocycles. The molecule has 2 N–H and O–H groups in total. The number of hydrogen-bond acceptors (Lipinski definition) is 4. The van der Waals surface area contributed by atoms with Gasteiger partial charge in [-0.1, -0.05) is 24.3 Å². The Hall–Kier alpha value is -2.30. The number of para-hydroxylation sites is 1. The van der Waals surface area contributed by atoms with Crippen LogP contribution in [0.4, 0.5) is 8.78 Å². The van der Waals surface area contributed by atoms with E-state index >= 15 is 0 Å². The molecule has 0 fully saturated rings. The smallest absolute Gasteiger partial charge is 0.387 e. The summed E-state index contributed by atoms with van der Waals surface area (Å²) < 4.78 is 40.6. The van der Waals surface area contributed by atoms with Crippen LogP contribution in [0.3, 0.4) is 0 Å². The van der Waals surface area contributed by atoms with E-state index in [-0.39, 0.29) is 29.7 Å². The van der Waals surface area contributed by atoms with E-state index in [1.165, 1.54) is 6.07 Å². The van der Waals surface area contributed by atoms with Gasteiger partial charge < -0.3 is 24.8 Å². The van der Waals surface area contributed by atoms with E-state index in [0.29, 0.717) is 49.3 Å². The van der Waals surface area contributed by atoms with Crippen molar-refractivity contribution in [3.8, 4) is 17.2 Å². The number of guanidine groups is 1. The zero-order valence-corrected chi connectivity index (χ0v) is 19.6. The van der Waals surface area contributed by atoms with E-state index in [9.17, 15) is 8.78 Å². The van der Waals surface area contributed by atoms with Gasteiger partial charge in [-0.3, -0.25) is 0 Å². The number of nitrogens with one attached hydrogen (secondary N) is 2. The third kappa shape index (κ3) is 8.21. The summed E-state index contributed by atoms with van der Waals surface area (Å²) in [7, 11) is 1.59. The Morgan fingerprint density at radius 2 is 1.80 bits per heavy atom. The monoisotopic (exact) mass is 535 g/mol. The normalized spacial score (nSPS) is 10.9. The number of aliphatic imine (C=N–C) groups is 1. The molecule has 6 nitrogen and oxygen atoms in total. The molecule has 0 aromatic heterocycles. The maximum Gasteiger partial charge on any atom is 0.387 e. The molecule has 0 bridgehead atoms. The van der Waals surface area contributed by atoms with Crippen molar-refractivity contribution in [3.63, 3.8) is 0 Å². The van der Waals surface area contributed by atoms with E-state index in [1.54, 1.807) is 25.3 Å². The number of hydrogen-bond donors (Lipinski definition) is 2. The van der Waals surface area contributed by atoms with Crippen LogP contribution >= 0.6 is 24.0 Å². The van der Waals surface area contributed by atoms with Gasteiger partial charge in [0.1, 0.15) is 5.75 Å². The number of rotatable bonds is 10. The Labute approximate surface area is 193 Å². The van der Waals surface area contributed by atoms with Gasteiger partial charge >= 0.3 is 6.61 Å². The van der Waals surface area contributed by atoms with E-state index < -0.39 is 6.61 Å². The van der Waals surface area contributed by atoms with E-state index in [0.717, 1.165) is 5.56 Å². The van der Waals surface area contributed by atoms with Crippen molar-refractivity contribution in [1.82, 2.24) is 10.6 Å². The quantitative estimate of drug-likeness (QED) is 0.265. The Morgan fingerprint density at radius 1 is 1.03 bits per heavy atom. The molecule has 166 valence electrons. The fourth-order valence-electron chi connectivity index (χ4n) is 2.64. The summed E-state index contributed by atoms with van der Waals surface area (Å²) in [6.07, 6.45) is 0. The lowest BCUT2D eigenvalue weighted by Crippen LogP contribution is -2.36. The molecule has 0 saturated heterocycles. The lowest BCUT2D eigenvalue weighted by molar-refractivity contribution is -0.0504. The van der Waals surface area contributed by atoms with Crippen LogP contribution in [0.2, 0.25) is 0 Å². The molecule has 0 aliphatic heterocycles. The first-order valence-electron chi connectivity index (χ1n) is 9.42. The number of halogens is 3. The van der Waals surface area contributed by atoms with Crippen LogP contribution in [0.5, 0.6) is 17.2 Å². The molecule has 0 heterocycles. The standard InChI is InChI=1S/C21H27F2N3O3.HI/c1-4-24-21(26-14-16-8-6-7-9-17(16)29-20(22)23)25-13-15-10-11-18(28-5-2)19(12-15)27-3;/h6-12,20H,4-5,13-14H2,1-3H3,(H2,24,25,26);1H. The maximum atomic E-state index is 12.6. The van der Waals surface area contributed by atoms with Crippen molar-refractivity contribution in [1.29, 1.82) is 0 Å². The summed E-state index contributed by atoms with van der Waals surface area (Å²) in [5.74, 6) is 2.04. The highest BCUT2D eigenvalue weighted by Crippen LogP contribution is 2.28. The highest BCUT2D eigenvalue weighted by molar-refractivity contribution is 14.0. The summed E-state index contributed by atoms with van der Waals surface area (Å²) in [4.78, 5) is 4.55. The van der Waals surface area contributed by atoms with Crippen LogP contribution in [0.1, 0.15) is 25.0 Å². The van der Waals surface area contributed by atoms with Gasteiger partial charge in [-0.15, -0.1) is 24.0 Å². The van der Waals surface area contributed by atoms with Gasteiger partial charge in [-0.25, -0.2) is 4.99 Å². The highest BCUT2D eigenvalue weighted by atomic mass is 127. The summed E-state index contributed by atoms with van der Waals surface area (Å²) in [6, 6.07) is 12.3. The first kappa shape index (κ1) is 25.7. The third-order valence-electron chi connectivity index (χ3n) is 3.93.